The molecular formula is C19H28N4O3. The van der Waals surface area contributed by atoms with Gasteiger partial charge in [0.1, 0.15) is 12.0 Å². The molecule has 2 N–H and O–H groups in total. The van der Waals surface area contributed by atoms with Gasteiger partial charge in [0.15, 0.2) is 17.5 Å². The number of nitrogens with one attached hydrogen (secondary N) is 2. The number of guanidine groups is 1. The summed E-state index contributed by atoms with van der Waals surface area (Å²) >= 11 is 0. The van der Waals surface area contributed by atoms with E-state index in [1.807, 2.05) is 39.0 Å². The van der Waals surface area contributed by atoms with Crippen LogP contribution in [0.25, 0.3) is 0 Å². The topological polar surface area (TPSA) is 80.9 Å². The van der Waals surface area contributed by atoms with Crippen molar-refractivity contribution in [2.24, 2.45) is 4.99 Å². The van der Waals surface area contributed by atoms with Crippen molar-refractivity contribution in [3.05, 3.63) is 41.8 Å². The van der Waals surface area contributed by atoms with Crippen LogP contribution in [0.4, 0.5) is 0 Å². The van der Waals surface area contributed by atoms with Crippen molar-refractivity contribution < 1.29 is 14.0 Å². The Morgan fingerprint density at radius 1 is 1.15 bits per heavy atom. The maximum atomic E-state index is 5.71. The van der Waals surface area contributed by atoms with Crippen LogP contribution in [-0.2, 0) is 6.54 Å². The molecule has 2 aromatic rings. The highest BCUT2D eigenvalue weighted by Crippen LogP contribution is 2.30. The predicted molar refractivity (Wildman–Crippen MR) is 102 cm³/mol. The van der Waals surface area contributed by atoms with E-state index in [0.29, 0.717) is 19.8 Å². The fourth-order valence-corrected chi connectivity index (χ4v) is 2.42. The standard InChI is InChI=1S/C19H28N4O3/c1-5-20-19(21-13-16-10-11-26-23-16)22-14(4)15-8-9-17(24-6-2)18(12-15)25-7-3/h8-12,14H,5-7,13H2,1-4H3,(H2,20,21,22). The zero-order valence-corrected chi connectivity index (χ0v) is 15.9. The second kappa shape index (κ2) is 10.3. The minimum Gasteiger partial charge on any atom is -0.490 e. The van der Waals surface area contributed by atoms with E-state index >= 15 is 0 Å². The summed E-state index contributed by atoms with van der Waals surface area (Å²) in [6, 6.07) is 7.83. The van der Waals surface area contributed by atoms with Gasteiger partial charge >= 0.3 is 0 Å². The van der Waals surface area contributed by atoms with Gasteiger partial charge in [-0.05, 0) is 45.4 Å². The zero-order valence-electron chi connectivity index (χ0n) is 15.9. The van der Waals surface area contributed by atoms with E-state index in [2.05, 4.69) is 27.7 Å². The van der Waals surface area contributed by atoms with Gasteiger partial charge in [-0.15, -0.1) is 0 Å². The molecule has 0 spiro atoms. The summed E-state index contributed by atoms with van der Waals surface area (Å²) in [6.07, 6.45) is 1.54. The Hall–Kier alpha value is -2.70. The van der Waals surface area contributed by atoms with Crippen molar-refractivity contribution in [2.75, 3.05) is 19.8 Å². The lowest BCUT2D eigenvalue weighted by Crippen LogP contribution is -2.38. The first kappa shape index (κ1) is 19.6. The molecule has 0 amide bonds. The molecule has 0 saturated carbocycles. The number of aromatic nitrogens is 1. The number of nitrogens with zero attached hydrogens (tertiary/aromatic N) is 2. The first-order chi connectivity index (χ1) is 12.7. The summed E-state index contributed by atoms with van der Waals surface area (Å²) in [5.74, 6) is 2.23. The highest BCUT2D eigenvalue weighted by Gasteiger charge is 2.12. The third kappa shape index (κ3) is 5.68. The second-order valence-corrected chi connectivity index (χ2v) is 5.62. The average molecular weight is 360 g/mol. The van der Waals surface area contributed by atoms with Crippen LogP contribution in [0.5, 0.6) is 11.5 Å². The molecule has 1 aromatic carbocycles. The number of benzene rings is 1. The van der Waals surface area contributed by atoms with Crippen LogP contribution in [0, 0.1) is 0 Å². The summed E-state index contributed by atoms with van der Waals surface area (Å²) in [4.78, 5) is 4.54. The van der Waals surface area contributed by atoms with Crippen molar-refractivity contribution in [2.45, 2.75) is 40.3 Å². The molecule has 7 heteroatoms. The first-order valence-electron chi connectivity index (χ1n) is 9.01. The molecule has 26 heavy (non-hydrogen) atoms. The number of hydrogen-bond acceptors (Lipinski definition) is 5. The summed E-state index contributed by atoms with van der Waals surface area (Å²) in [5.41, 5.74) is 1.87. The lowest BCUT2D eigenvalue weighted by molar-refractivity contribution is 0.287. The molecule has 0 radical (unpaired) electrons. The summed E-state index contributed by atoms with van der Waals surface area (Å²) < 4.78 is 16.2. The van der Waals surface area contributed by atoms with Crippen molar-refractivity contribution >= 4 is 5.96 Å². The largest absolute Gasteiger partial charge is 0.490 e. The lowest BCUT2D eigenvalue weighted by atomic mass is 10.1. The summed E-state index contributed by atoms with van der Waals surface area (Å²) in [5, 5.41) is 10.5. The van der Waals surface area contributed by atoms with E-state index in [4.69, 9.17) is 14.0 Å². The maximum absolute atomic E-state index is 5.71. The fourth-order valence-electron chi connectivity index (χ4n) is 2.42. The highest BCUT2D eigenvalue weighted by atomic mass is 16.5. The second-order valence-electron chi connectivity index (χ2n) is 5.62. The Kier molecular flexibility index (Phi) is 7.79. The van der Waals surface area contributed by atoms with Gasteiger partial charge in [0.25, 0.3) is 0 Å². The molecule has 0 aliphatic rings. The average Bonchev–Trinajstić information content (AvgIpc) is 3.15. The fraction of sp³-hybridized carbons (Fsp3) is 0.474. The normalized spacial score (nSPS) is 12.5. The van der Waals surface area contributed by atoms with Crippen LogP contribution in [0.3, 0.4) is 0 Å². The molecule has 7 nitrogen and oxygen atoms in total. The molecule has 142 valence electrons. The van der Waals surface area contributed by atoms with Crippen LogP contribution in [0.15, 0.2) is 40.0 Å². The molecule has 1 unspecified atom stereocenters. The lowest BCUT2D eigenvalue weighted by Gasteiger charge is -2.20. The number of rotatable bonds is 9. The molecule has 1 heterocycles. The quantitative estimate of drug-likeness (QED) is 0.528. The number of ether oxygens (including phenoxy) is 2. The van der Waals surface area contributed by atoms with Crippen LogP contribution in [0.1, 0.15) is 45.0 Å². The minimum absolute atomic E-state index is 0.0417. The third-order valence-corrected chi connectivity index (χ3v) is 3.66. The molecule has 0 aliphatic carbocycles. The molecule has 2 rings (SSSR count). The summed E-state index contributed by atoms with van der Waals surface area (Å²) in [7, 11) is 0. The molecule has 0 saturated heterocycles. The van der Waals surface area contributed by atoms with Gasteiger partial charge in [-0.2, -0.15) is 0 Å². The number of hydrogen-bond donors (Lipinski definition) is 2. The van der Waals surface area contributed by atoms with E-state index < -0.39 is 0 Å². The van der Waals surface area contributed by atoms with E-state index in [1.54, 1.807) is 12.3 Å². The van der Waals surface area contributed by atoms with Gasteiger partial charge in [-0.25, -0.2) is 4.99 Å². The molecule has 1 atom stereocenters. The van der Waals surface area contributed by atoms with E-state index in [9.17, 15) is 0 Å². The first-order valence-corrected chi connectivity index (χ1v) is 9.01. The van der Waals surface area contributed by atoms with E-state index in [1.165, 1.54) is 0 Å². The van der Waals surface area contributed by atoms with Crippen LogP contribution < -0.4 is 20.1 Å². The van der Waals surface area contributed by atoms with Gasteiger partial charge in [0.2, 0.25) is 0 Å². The smallest absolute Gasteiger partial charge is 0.192 e. The van der Waals surface area contributed by atoms with E-state index in [-0.39, 0.29) is 6.04 Å². The SMILES string of the molecule is CCNC(=NCc1ccon1)NC(C)c1ccc(OCC)c(OCC)c1. The van der Waals surface area contributed by atoms with Crippen LogP contribution >= 0.6 is 0 Å². The third-order valence-electron chi connectivity index (χ3n) is 3.66. The van der Waals surface area contributed by atoms with Crippen LogP contribution in [0.2, 0.25) is 0 Å². The monoisotopic (exact) mass is 360 g/mol. The molecule has 0 aliphatic heterocycles. The van der Waals surface area contributed by atoms with Crippen LogP contribution in [-0.4, -0.2) is 30.9 Å². The number of aliphatic imine (C=N–C) groups is 1. The molecular weight excluding hydrogens is 332 g/mol. The van der Waals surface area contributed by atoms with E-state index in [0.717, 1.165) is 35.3 Å². The van der Waals surface area contributed by atoms with Gasteiger partial charge in [0.05, 0.1) is 25.8 Å². The van der Waals surface area contributed by atoms with Gasteiger partial charge < -0.3 is 24.6 Å². The molecule has 0 bridgehead atoms. The van der Waals surface area contributed by atoms with Gasteiger partial charge in [0, 0.05) is 12.6 Å². The Morgan fingerprint density at radius 3 is 2.58 bits per heavy atom. The predicted octanol–water partition coefficient (Wildman–Crippen LogP) is 3.29. The van der Waals surface area contributed by atoms with Gasteiger partial charge in [-0.1, -0.05) is 11.2 Å². The Bertz CT molecular complexity index is 686. The Labute approximate surface area is 154 Å². The van der Waals surface area contributed by atoms with Crippen molar-refractivity contribution in [3.8, 4) is 11.5 Å². The zero-order chi connectivity index (χ0) is 18.8. The Balaban J connectivity index is 2.11. The van der Waals surface area contributed by atoms with Crippen molar-refractivity contribution in [1.29, 1.82) is 0 Å². The summed E-state index contributed by atoms with van der Waals surface area (Å²) in [6.45, 7) is 10.4. The van der Waals surface area contributed by atoms with Crippen molar-refractivity contribution in [1.82, 2.24) is 15.8 Å². The Morgan fingerprint density at radius 2 is 1.92 bits per heavy atom. The minimum atomic E-state index is 0.0417. The van der Waals surface area contributed by atoms with Gasteiger partial charge in [-0.3, -0.25) is 0 Å². The van der Waals surface area contributed by atoms with Crippen molar-refractivity contribution in [3.63, 3.8) is 0 Å². The highest BCUT2D eigenvalue weighted by molar-refractivity contribution is 5.80. The maximum Gasteiger partial charge on any atom is 0.192 e. The molecule has 0 fully saturated rings. The molecule has 1 aromatic heterocycles.